The lowest BCUT2D eigenvalue weighted by molar-refractivity contribution is -0.141. The third kappa shape index (κ3) is 5.33. The molecule has 0 radical (unpaired) electrons. The van der Waals surface area contributed by atoms with Crippen LogP contribution in [0.25, 0.3) is 0 Å². The second-order valence-electron chi connectivity index (χ2n) is 4.42. The summed E-state index contributed by atoms with van der Waals surface area (Å²) in [5, 5.41) is 11.4. The molecule has 1 aromatic rings. The van der Waals surface area contributed by atoms with Gasteiger partial charge in [-0.15, -0.1) is 6.58 Å². The predicted octanol–water partition coefficient (Wildman–Crippen LogP) is 1.90. The number of hydrogen-bond donors (Lipinski definition) is 2. The van der Waals surface area contributed by atoms with E-state index < -0.39 is 17.9 Å². The van der Waals surface area contributed by atoms with Gasteiger partial charge in [-0.2, -0.15) is 0 Å². The molecule has 0 spiro atoms. The van der Waals surface area contributed by atoms with Crippen LogP contribution in [-0.4, -0.2) is 23.0 Å². The topological polar surface area (TPSA) is 66.4 Å². The fraction of sp³-hybridized carbons (Fsp3) is 0.286. The molecule has 4 nitrogen and oxygen atoms in total. The number of amides is 1. The molecule has 1 atom stereocenters. The Morgan fingerprint density at radius 1 is 1.37 bits per heavy atom. The Morgan fingerprint density at radius 3 is 2.42 bits per heavy atom. The standard InChI is InChI=1S/C14H16FNO3/c1-9(2)7-12(14(18)19)16-13(17)8-10-3-5-11(15)6-4-10/h3-6,12H,1,7-8H2,2H3,(H,16,17)(H,18,19)/t12-/m1/s1. The molecule has 0 unspecified atom stereocenters. The van der Waals surface area contributed by atoms with Gasteiger partial charge in [0.25, 0.3) is 0 Å². The van der Waals surface area contributed by atoms with Crippen LogP contribution in [0.1, 0.15) is 18.9 Å². The monoisotopic (exact) mass is 265 g/mol. The quantitative estimate of drug-likeness (QED) is 0.772. The first-order chi connectivity index (χ1) is 8.88. The van der Waals surface area contributed by atoms with Crippen molar-refractivity contribution < 1.29 is 19.1 Å². The number of nitrogens with one attached hydrogen (secondary N) is 1. The normalized spacial score (nSPS) is 11.7. The van der Waals surface area contributed by atoms with E-state index in [0.29, 0.717) is 11.1 Å². The van der Waals surface area contributed by atoms with Gasteiger partial charge in [-0.1, -0.05) is 17.7 Å². The zero-order valence-corrected chi connectivity index (χ0v) is 10.6. The van der Waals surface area contributed by atoms with E-state index in [2.05, 4.69) is 11.9 Å². The number of carboxylic acid groups (broad SMARTS) is 1. The number of rotatable bonds is 6. The zero-order chi connectivity index (χ0) is 14.4. The van der Waals surface area contributed by atoms with E-state index in [1.807, 2.05) is 0 Å². The van der Waals surface area contributed by atoms with E-state index in [0.717, 1.165) is 0 Å². The lowest BCUT2D eigenvalue weighted by atomic mass is 10.1. The highest BCUT2D eigenvalue weighted by molar-refractivity contribution is 5.85. The van der Waals surface area contributed by atoms with Crippen molar-refractivity contribution in [2.75, 3.05) is 0 Å². The maximum absolute atomic E-state index is 12.7. The minimum atomic E-state index is -1.10. The van der Waals surface area contributed by atoms with E-state index in [-0.39, 0.29) is 18.7 Å². The molecule has 1 amide bonds. The number of carboxylic acids is 1. The van der Waals surface area contributed by atoms with Crippen molar-refractivity contribution in [1.29, 1.82) is 0 Å². The first-order valence-electron chi connectivity index (χ1n) is 5.79. The summed E-state index contributed by atoms with van der Waals surface area (Å²) >= 11 is 0. The second-order valence-corrected chi connectivity index (χ2v) is 4.42. The molecule has 0 aliphatic rings. The zero-order valence-electron chi connectivity index (χ0n) is 10.6. The maximum Gasteiger partial charge on any atom is 0.326 e. The third-order valence-corrected chi connectivity index (χ3v) is 2.46. The Balaban J connectivity index is 2.59. The second kappa shape index (κ2) is 6.68. The van der Waals surface area contributed by atoms with Crippen molar-refractivity contribution >= 4 is 11.9 Å². The molecule has 2 N–H and O–H groups in total. The lowest BCUT2D eigenvalue weighted by Gasteiger charge is -2.14. The Labute approximate surface area is 110 Å². The van der Waals surface area contributed by atoms with E-state index in [4.69, 9.17) is 5.11 Å². The summed E-state index contributed by atoms with van der Waals surface area (Å²) in [5.74, 6) is -1.90. The van der Waals surface area contributed by atoms with Gasteiger partial charge < -0.3 is 10.4 Å². The summed E-state index contributed by atoms with van der Waals surface area (Å²) in [5.41, 5.74) is 1.30. The molecule has 0 saturated heterocycles. The van der Waals surface area contributed by atoms with Crippen molar-refractivity contribution in [3.05, 3.63) is 47.8 Å². The van der Waals surface area contributed by atoms with Crippen LogP contribution < -0.4 is 5.32 Å². The fourth-order valence-corrected chi connectivity index (χ4v) is 1.58. The maximum atomic E-state index is 12.7. The van der Waals surface area contributed by atoms with Crippen molar-refractivity contribution in [1.82, 2.24) is 5.32 Å². The van der Waals surface area contributed by atoms with E-state index in [9.17, 15) is 14.0 Å². The van der Waals surface area contributed by atoms with Crippen LogP contribution in [0.3, 0.4) is 0 Å². The van der Waals surface area contributed by atoms with Gasteiger partial charge in [-0.05, 0) is 31.0 Å². The number of aliphatic carboxylic acids is 1. The molecule has 0 aliphatic carbocycles. The van der Waals surface area contributed by atoms with Crippen molar-refractivity contribution in [3.8, 4) is 0 Å². The largest absolute Gasteiger partial charge is 0.480 e. The lowest BCUT2D eigenvalue weighted by Crippen LogP contribution is -2.41. The number of hydrogen-bond acceptors (Lipinski definition) is 2. The molecule has 1 rings (SSSR count). The molecule has 0 aromatic heterocycles. The minimum Gasteiger partial charge on any atom is -0.480 e. The minimum absolute atomic E-state index is 0.0141. The third-order valence-electron chi connectivity index (χ3n) is 2.46. The number of benzene rings is 1. The summed E-state index contributed by atoms with van der Waals surface area (Å²) in [6.45, 7) is 5.32. The smallest absolute Gasteiger partial charge is 0.326 e. The first-order valence-corrected chi connectivity index (χ1v) is 5.79. The summed E-state index contributed by atoms with van der Waals surface area (Å²) < 4.78 is 12.7. The van der Waals surface area contributed by atoms with Crippen LogP contribution in [0.5, 0.6) is 0 Å². The highest BCUT2D eigenvalue weighted by atomic mass is 19.1. The number of carbonyl (C=O) groups is 2. The highest BCUT2D eigenvalue weighted by Gasteiger charge is 2.19. The van der Waals surface area contributed by atoms with Crippen LogP contribution in [-0.2, 0) is 16.0 Å². The summed E-state index contributed by atoms with van der Waals surface area (Å²) in [6, 6.07) is 4.51. The molecule has 0 bridgehead atoms. The Morgan fingerprint density at radius 2 is 1.95 bits per heavy atom. The fourth-order valence-electron chi connectivity index (χ4n) is 1.58. The van der Waals surface area contributed by atoms with Crippen LogP contribution in [0.15, 0.2) is 36.4 Å². The molecule has 1 aromatic carbocycles. The van der Waals surface area contributed by atoms with Gasteiger partial charge in [0.15, 0.2) is 0 Å². The Hall–Kier alpha value is -2.17. The molecule has 0 aliphatic heterocycles. The molecule has 0 saturated carbocycles. The molecular formula is C14H16FNO3. The summed E-state index contributed by atoms with van der Waals surface area (Å²) in [7, 11) is 0. The van der Waals surface area contributed by atoms with Crippen molar-refractivity contribution in [2.45, 2.75) is 25.8 Å². The van der Waals surface area contributed by atoms with Gasteiger partial charge in [-0.3, -0.25) is 4.79 Å². The van der Waals surface area contributed by atoms with Crippen molar-refractivity contribution in [3.63, 3.8) is 0 Å². The number of halogens is 1. The highest BCUT2D eigenvalue weighted by Crippen LogP contribution is 2.06. The van der Waals surface area contributed by atoms with Crippen LogP contribution >= 0.6 is 0 Å². The SMILES string of the molecule is C=C(C)C[C@@H](NC(=O)Cc1ccc(F)cc1)C(=O)O. The van der Waals surface area contributed by atoms with Gasteiger partial charge in [0.2, 0.25) is 5.91 Å². The summed E-state index contributed by atoms with van der Waals surface area (Å²) in [4.78, 5) is 22.7. The van der Waals surface area contributed by atoms with E-state index in [1.54, 1.807) is 6.92 Å². The van der Waals surface area contributed by atoms with E-state index >= 15 is 0 Å². The molecule has 19 heavy (non-hydrogen) atoms. The van der Waals surface area contributed by atoms with Crippen LogP contribution in [0.4, 0.5) is 4.39 Å². The molecule has 102 valence electrons. The predicted molar refractivity (Wildman–Crippen MR) is 69.1 cm³/mol. The average molecular weight is 265 g/mol. The van der Waals surface area contributed by atoms with Gasteiger partial charge >= 0.3 is 5.97 Å². The summed E-state index contributed by atoms with van der Waals surface area (Å²) in [6.07, 6.45) is 0.199. The Bertz CT molecular complexity index is 482. The molecule has 5 heteroatoms. The molecule has 0 fully saturated rings. The first kappa shape index (κ1) is 14.9. The van der Waals surface area contributed by atoms with Crippen LogP contribution in [0.2, 0.25) is 0 Å². The van der Waals surface area contributed by atoms with Crippen molar-refractivity contribution in [2.24, 2.45) is 0 Å². The van der Waals surface area contributed by atoms with E-state index in [1.165, 1.54) is 24.3 Å². The van der Waals surface area contributed by atoms with Crippen LogP contribution in [0, 0.1) is 5.82 Å². The number of carbonyl (C=O) groups excluding carboxylic acids is 1. The molecular weight excluding hydrogens is 249 g/mol. The van der Waals surface area contributed by atoms with Gasteiger partial charge in [0.05, 0.1) is 6.42 Å². The van der Waals surface area contributed by atoms with Gasteiger partial charge in [0.1, 0.15) is 11.9 Å². The Kier molecular flexibility index (Phi) is 5.23. The molecule has 0 heterocycles. The average Bonchev–Trinajstić information content (AvgIpc) is 2.30. The van der Waals surface area contributed by atoms with Gasteiger partial charge in [-0.25, -0.2) is 9.18 Å². The van der Waals surface area contributed by atoms with Gasteiger partial charge in [0, 0.05) is 0 Å².